The molecule has 3 nitrogen and oxygen atoms in total. The minimum Gasteiger partial charge on any atom is -0.496 e. The summed E-state index contributed by atoms with van der Waals surface area (Å²) in [5.74, 6) is 0.795. The minimum absolute atomic E-state index is 0.0981. The van der Waals surface area contributed by atoms with E-state index < -0.39 is 0 Å². The molecule has 1 aromatic rings. The molecule has 0 saturated heterocycles. The van der Waals surface area contributed by atoms with E-state index in [-0.39, 0.29) is 6.10 Å². The highest BCUT2D eigenvalue weighted by Gasteiger charge is 1.97. The number of rotatable bonds is 4. The Bertz CT molecular complexity index is 308. The predicted molar refractivity (Wildman–Crippen MR) is 56.8 cm³/mol. The maximum absolute atomic E-state index is 5.16. The average Bonchev–Trinajstić information content (AvgIpc) is 2.18. The lowest BCUT2D eigenvalue weighted by molar-refractivity contribution is 0.0873. The van der Waals surface area contributed by atoms with Gasteiger partial charge < -0.3 is 9.57 Å². The number of benzene rings is 1. The first-order chi connectivity index (χ1) is 6.74. The van der Waals surface area contributed by atoms with Crippen molar-refractivity contribution in [1.29, 1.82) is 0 Å². The molecule has 0 bridgehead atoms. The normalized spacial score (nSPS) is 10.9. The maximum Gasteiger partial charge on any atom is 0.127 e. The van der Waals surface area contributed by atoms with Gasteiger partial charge in [-0.25, -0.2) is 0 Å². The Hall–Kier alpha value is -1.51. The Labute approximate surface area is 84.3 Å². The second kappa shape index (κ2) is 5.27. The van der Waals surface area contributed by atoms with Crippen molar-refractivity contribution in [3.63, 3.8) is 0 Å². The third kappa shape index (κ3) is 3.09. The van der Waals surface area contributed by atoms with E-state index in [4.69, 9.17) is 9.57 Å². The molecule has 0 aliphatic rings. The summed E-state index contributed by atoms with van der Waals surface area (Å²) in [6.07, 6.45) is 1.75. The van der Waals surface area contributed by atoms with Crippen molar-refractivity contribution in [1.82, 2.24) is 0 Å². The van der Waals surface area contributed by atoms with Crippen LogP contribution in [0.25, 0.3) is 0 Å². The molecule has 0 spiro atoms. The molecule has 0 N–H and O–H groups in total. The van der Waals surface area contributed by atoms with E-state index in [0.717, 1.165) is 11.3 Å². The fourth-order valence-electron chi connectivity index (χ4n) is 0.982. The Kier molecular flexibility index (Phi) is 3.98. The number of ether oxygens (including phenoxy) is 1. The second-order valence-electron chi connectivity index (χ2n) is 3.13. The SMILES string of the molecule is COc1ccccc1C=NOC(C)C. The highest BCUT2D eigenvalue weighted by atomic mass is 16.6. The number of oxime groups is 1. The molecular formula is C11H15NO2. The number of para-hydroxylation sites is 1. The van der Waals surface area contributed by atoms with Gasteiger partial charge in [0, 0.05) is 5.56 Å². The molecule has 0 aliphatic carbocycles. The molecule has 0 heterocycles. The Morgan fingerprint density at radius 2 is 2.00 bits per heavy atom. The van der Waals surface area contributed by atoms with E-state index in [9.17, 15) is 0 Å². The largest absolute Gasteiger partial charge is 0.496 e. The van der Waals surface area contributed by atoms with Crippen LogP contribution in [0.1, 0.15) is 19.4 Å². The molecule has 14 heavy (non-hydrogen) atoms. The van der Waals surface area contributed by atoms with Gasteiger partial charge in [-0.15, -0.1) is 0 Å². The van der Waals surface area contributed by atoms with Gasteiger partial charge >= 0.3 is 0 Å². The molecule has 0 unspecified atom stereocenters. The van der Waals surface area contributed by atoms with Gasteiger partial charge in [0.2, 0.25) is 0 Å². The first-order valence-corrected chi connectivity index (χ1v) is 4.56. The maximum atomic E-state index is 5.16. The lowest BCUT2D eigenvalue weighted by Crippen LogP contribution is -1.97. The summed E-state index contributed by atoms with van der Waals surface area (Å²) >= 11 is 0. The molecule has 0 amide bonds. The topological polar surface area (TPSA) is 30.8 Å². The van der Waals surface area contributed by atoms with Gasteiger partial charge in [0.25, 0.3) is 0 Å². The smallest absolute Gasteiger partial charge is 0.127 e. The highest BCUT2D eigenvalue weighted by Crippen LogP contribution is 2.14. The van der Waals surface area contributed by atoms with Crippen molar-refractivity contribution in [3.05, 3.63) is 29.8 Å². The molecule has 1 rings (SSSR count). The van der Waals surface area contributed by atoms with Crippen molar-refractivity contribution in [3.8, 4) is 5.75 Å². The molecule has 0 fully saturated rings. The van der Waals surface area contributed by atoms with Crippen LogP contribution in [-0.4, -0.2) is 19.4 Å². The standard InChI is InChI=1S/C11H15NO2/c1-9(2)14-12-8-10-6-4-5-7-11(10)13-3/h4-9H,1-3H3. The van der Waals surface area contributed by atoms with E-state index in [1.807, 2.05) is 38.1 Å². The first-order valence-electron chi connectivity index (χ1n) is 4.56. The quantitative estimate of drug-likeness (QED) is 0.543. The van der Waals surface area contributed by atoms with Crippen molar-refractivity contribution in [2.75, 3.05) is 7.11 Å². The Morgan fingerprint density at radius 1 is 1.29 bits per heavy atom. The van der Waals surface area contributed by atoms with E-state index in [1.54, 1.807) is 13.3 Å². The molecule has 1 aromatic carbocycles. The van der Waals surface area contributed by atoms with Gasteiger partial charge in [-0.05, 0) is 26.0 Å². The monoisotopic (exact) mass is 193 g/mol. The van der Waals surface area contributed by atoms with Crippen LogP contribution >= 0.6 is 0 Å². The summed E-state index contributed by atoms with van der Waals surface area (Å²) in [5, 5.41) is 3.84. The summed E-state index contributed by atoms with van der Waals surface area (Å²) < 4.78 is 5.16. The fraction of sp³-hybridized carbons (Fsp3) is 0.364. The predicted octanol–water partition coefficient (Wildman–Crippen LogP) is 2.45. The summed E-state index contributed by atoms with van der Waals surface area (Å²) in [6.45, 7) is 3.86. The zero-order chi connectivity index (χ0) is 10.4. The third-order valence-electron chi connectivity index (χ3n) is 1.60. The Morgan fingerprint density at radius 3 is 2.64 bits per heavy atom. The van der Waals surface area contributed by atoms with Gasteiger partial charge in [0.05, 0.1) is 13.3 Å². The molecule has 0 saturated carbocycles. The zero-order valence-electron chi connectivity index (χ0n) is 8.73. The van der Waals surface area contributed by atoms with Crippen LogP contribution in [0.15, 0.2) is 29.4 Å². The van der Waals surface area contributed by atoms with E-state index in [0.29, 0.717) is 0 Å². The number of hydrogen-bond donors (Lipinski definition) is 0. The van der Waals surface area contributed by atoms with E-state index >= 15 is 0 Å². The molecule has 76 valence electrons. The zero-order valence-corrected chi connectivity index (χ0v) is 8.73. The molecule has 3 heteroatoms. The summed E-state index contributed by atoms with van der Waals surface area (Å²) in [7, 11) is 1.63. The molecule has 0 aromatic heterocycles. The van der Waals surface area contributed by atoms with Crippen LogP contribution in [-0.2, 0) is 4.84 Å². The van der Waals surface area contributed by atoms with Crippen LogP contribution < -0.4 is 4.74 Å². The van der Waals surface area contributed by atoms with Crippen molar-refractivity contribution in [2.24, 2.45) is 5.16 Å². The molecule has 0 radical (unpaired) electrons. The molecule has 0 atom stereocenters. The number of hydrogen-bond acceptors (Lipinski definition) is 3. The summed E-state index contributed by atoms with van der Waals surface area (Å²) in [5.41, 5.74) is 0.913. The second-order valence-corrected chi connectivity index (χ2v) is 3.13. The summed E-state index contributed by atoms with van der Waals surface area (Å²) in [4.78, 5) is 5.06. The van der Waals surface area contributed by atoms with Gasteiger partial charge in [-0.2, -0.15) is 0 Å². The lowest BCUT2D eigenvalue weighted by atomic mass is 10.2. The highest BCUT2D eigenvalue weighted by molar-refractivity contribution is 5.82. The first kappa shape index (κ1) is 10.6. The van der Waals surface area contributed by atoms with Crippen LogP contribution in [0.2, 0.25) is 0 Å². The number of methoxy groups -OCH3 is 1. The van der Waals surface area contributed by atoms with E-state index in [1.165, 1.54) is 0 Å². The van der Waals surface area contributed by atoms with Crippen LogP contribution in [0, 0.1) is 0 Å². The van der Waals surface area contributed by atoms with Crippen molar-refractivity contribution in [2.45, 2.75) is 20.0 Å². The van der Waals surface area contributed by atoms with Gasteiger partial charge in [0.1, 0.15) is 11.9 Å². The number of nitrogens with zero attached hydrogens (tertiary/aromatic N) is 1. The Balaban J connectivity index is 2.70. The van der Waals surface area contributed by atoms with Crippen LogP contribution in [0.5, 0.6) is 5.75 Å². The lowest BCUT2D eigenvalue weighted by Gasteiger charge is -2.04. The van der Waals surface area contributed by atoms with Crippen LogP contribution in [0.3, 0.4) is 0 Å². The molecule has 0 aliphatic heterocycles. The van der Waals surface area contributed by atoms with Crippen molar-refractivity contribution >= 4 is 6.21 Å². The van der Waals surface area contributed by atoms with Crippen molar-refractivity contribution < 1.29 is 9.57 Å². The summed E-state index contributed by atoms with van der Waals surface area (Å²) in [6, 6.07) is 7.65. The fourth-order valence-corrected chi connectivity index (χ4v) is 0.982. The van der Waals surface area contributed by atoms with Gasteiger partial charge in [0.15, 0.2) is 0 Å². The van der Waals surface area contributed by atoms with E-state index in [2.05, 4.69) is 5.16 Å². The van der Waals surface area contributed by atoms with Crippen LogP contribution in [0.4, 0.5) is 0 Å². The molecular weight excluding hydrogens is 178 g/mol. The van der Waals surface area contributed by atoms with Gasteiger partial charge in [-0.1, -0.05) is 17.3 Å². The third-order valence-corrected chi connectivity index (χ3v) is 1.60. The van der Waals surface area contributed by atoms with Gasteiger partial charge in [-0.3, -0.25) is 0 Å². The average molecular weight is 193 g/mol. The minimum atomic E-state index is 0.0981.